The second-order valence-corrected chi connectivity index (χ2v) is 1.69. The van der Waals surface area contributed by atoms with Gasteiger partial charge in [-0.25, -0.2) is 0 Å². The van der Waals surface area contributed by atoms with Crippen LogP contribution < -0.4 is 5.73 Å². The molecule has 4 N–H and O–H groups in total. The maximum atomic E-state index is 5.35. The maximum Gasteiger partial charge on any atom is 0.0178 e. The van der Waals surface area contributed by atoms with E-state index < -0.39 is 0 Å². The van der Waals surface area contributed by atoms with Gasteiger partial charge in [-0.2, -0.15) is 0 Å². The molecule has 0 bridgehead atoms. The molecular weight excluding hydrogens is 114 g/mol. The van der Waals surface area contributed by atoms with Crippen LogP contribution in [-0.4, -0.2) is 5.48 Å². The third kappa shape index (κ3) is 2.26. The van der Waals surface area contributed by atoms with Crippen LogP contribution in [0.2, 0.25) is 0 Å². The Morgan fingerprint density at radius 3 is 2.00 bits per heavy atom. The summed E-state index contributed by atoms with van der Waals surface area (Å²) in [5.41, 5.74) is 6.54. The molecule has 0 atom stereocenters. The summed E-state index contributed by atoms with van der Waals surface area (Å²) < 4.78 is 0. The van der Waals surface area contributed by atoms with Crippen molar-refractivity contribution in [2.75, 3.05) is 0 Å². The van der Waals surface area contributed by atoms with Crippen LogP contribution in [0.25, 0.3) is 0 Å². The summed E-state index contributed by atoms with van der Waals surface area (Å²) in [6.45, 7) is 0.640. The summed E-state index contributed by atoms with van der Waals surface area (Å²) >= 11 is 0. The lowest BCUT2D eigenvalue weighted by Gasteiger charge is -1.90. The second kappa shape index (κ2) is 4.06. The van der Waals surface area contributed by atoms with Crippen molar-refractivity contribution in [3.63, 3.8) is 0 Å². The summed E-state index contributed by atoms with van der Waals surface area (Å²) in [6.07, 6.45) is 0. The first-order chi connectivity index (χ1) is 3.93. The minimum atomic E-state index is 0. The predicted octanol–water partition coefficient (Wildman–Crippen LogP) is 0.321. The normalized spacial score (nSPS) is 8.11. The van der Waals surface area contributed by atoms with Crippen molar-refractivity contribution in [1.82, 2.24) is 0 Å². The summed E-state index contributed by atoms with van der Waals surface area (Å²) in [5, 5.41) is 0. The van der Waals surface area contributed by atoms with E-state index in [1.807, 2.05) is 30.3 Å². The molecule has 1 aromatic carbocycles. The van der Waals surface area contributed by atoms with E-state index in [1.54, 1.807) is 0 Å². The van der Waals surface area contributed by atoms with Gasteiger partial charge in [0, 0.05) is 6.54 Å². The quantitative estimate of drug-likeness (QED) is 0.577. The summed E-state index contributed by atoms with van der Waals surface area (Å²) in [4.78, 5) is 0. The van der Waals surface area contributed by atoms with Crippen LogP contribution in [0.4, 0.5) is 0 Å². The highest BCUT2D eigenvalue weighted by molar-refractivity contribution is 5.13. The van der Waals surface area contributed by atoms with Gasteiger partial charge >= 0.3 is 0 Å². The van der Waals surface area contributed by atoms with E-state index in [1.165, 1.54) is 5.56 Å². The molecule has 0 aliphatic carbocycles. The summed E-state index contributed by atoms with van der Waals surface area (Å²) in [7, 11) is 0. The van der Waals surface area contributed by atoms with Gasteiger partial charge in [-0.1, -0.05) is 30.3 Å². The molecule has 2 nitrogen and oxygen atoms in total. The molecule has 0 aromatic heterocycles. The van der Waals surface area contributed by atoms with E-state index in [-0.39, 0.29) is 5.48 Å². The zero-order chi connectivity index (χ0) is 5.82. The Labute approximate surface area is 54.6 Å². The molecule has 50 valence electrons. The Hall–Kier alpha value is -0.860. The van der Waals surface area contributed by atoms with Gasteiger partial charge in [0.2, 0.25) is 0 Å². The largest absolute Gasteiger partial charge is 0.412 e. The maximum absolute atomic E-state index is 5.35. The predicted molar refractivity (Wildman–Crippen MR) is 37.9 cm³/mol. The number of nitrogens with two attached hydrogens (primary N) is 1. The lowest BCUT2D eigenvalue weighted by molar-refractivity contribution is 0.824. The lowest BCUT2D eigenvalue weighted by Crippen LogP contribution is -1.94. The first-order valence-corrected chi connectivity index (χ1v) is 2.67. The Morgan fingerprint density at radius 1 is 1.11 bits per heavy atom. The Kier molecular flexibility index (Phi) is 3.67. The van der Waals surface area contributed by atoms with Crippen molar-refractivity contribution in [2.45, 2.75) is 6.54 Å². The average Bonchev–Trinajstić information content (AvgIpc) is 1.90. The van der Waals surface area contributed by atoms with E-state index in [0.29, 0.717) is 6.54 Å². The molecule has 2 heteroatoms. The minimum Gasteiger partial charge on any atom is -0.412 e. The van der Waals surface area contributed by atoms with Gasteiger partial charge in [-0.05, 0) is 5.56 Å². The summed E-state index contributed by atoms with van der Waals surface area (Å²) in [5.74, 6) is 0. The van der Waals surface area contributed by atoms with Crippen molar-refractivity contribution in [1.29, 1.82) is 0 Å². The van der Waals surface area contributed by atoms with Crippen molar-refractivity contribution < 1.29 is 5.48 Å². The van der Waals surface area contributed by atoms with Crippen molar-refractivity contribution in [3.8, 4) is 0 Å². The SMILES string of the molecule is NCc1ccccc1.O. The fraction of sp³-hybridized carbons (Fsp3) is 0.143. The number of rotatable bonds is 1. The third-order valence-corrected chi connectivity index (χ3v) is 1.08. The van der Waals surface area contributed by atoms with Gasteiger partial charge in [0.05, 0.1) is 0 Å². The Bertz CT molecular complexity index is 150. The standard InChI is InChI=1S/C7H9N.H2O/c8-6-7-4-2-1-3-5-7;/h1-5H,6,8H2;1H2. The van der Waals surface area contributed by atoms with Crippen LogP contribution in [0.5, 0.6) is 0 Å². The fourth-order valence-electron chi connectivity index (χ4n) is 0.614. The first kappa shape index (κ1) is 8.14. The van der Waals surface area contributed by atoms with Gasteiger partial charge in [-0.3, -0.25) is 0 Å². The Morgan fingerprint density at radius 2 is 1.67 bits per heavy atom. The smallest absolute Gasteiger partial charge is 0.0178 e. The fourth-order valence-corrected chi connectivity index (χ4v) is 0.614. The van der Waals surface area contributed by atoms with Crippen LogP contribution in [0, 0.1) is 0 Å². The van der Waals surface area contributed by atoms with Gasteiger partial charge in [0.25, 0.3) is 0 Å². The summed E-state index contributed by atoms with van der Waals surface area (Å²) in [6, 6.07) is 9.99. The number of benzene rings is 1. The van der Waals surface area contributed by atoms with E-state index in [4.69, 9.17) is 5.73 Å². The van der Waals surface area contributed by atoms with Crippen molar-refractivity contribution in [3.05, 3.63) is 35.9 Å². The number of hydrogen-bond donors (Lipinski definition) is 1. The number of hydrogen-bond acceptors (Lipinski definition) is 1. The molecule has 0 saturated carbocycles. The first-order valence-electron chi connectivity index (χ1n) is 2.67. The second-order valence-electron chi connectivity index (χ2n) is 1.69. The molecular formula is C7H11NO. The Balaban J connectivity index is 0.000000640. The third-order valence-electron chi connectivity index (χ3n) is 1.08. The molecule has 0 aliphatic rings. The van der Waals surface area contributed by atoms with Gasteiger partial charge < -0.3 is 11.2 Å². The van der Waals surface area contributed by atoms with Crippen LogP contribution in [0.1, 0.15) is 5.56 Å². The molecule has 0 radical (unpaired) electrons. The molecule has 0 fully saturated rings. The highest BCUT2D eigenvalue weighted by Crippen LogP contribution is 1.94. The molecule has 0 unspecified atom stereocenters. The molecule has 0 spiro atoms. The zero-order valence-corrected chi connectivity index (χ0v) is 5.17. The monoisotopic (exact) mass is 125 g/mol. The van der Waals surface area contributed by atoms with E-state index in [0.717, 1.165) is 0 Å². The van der Waals surface area contributed by atoms with E-state index in [2.05, 4.69) is 0 Å². The van der Waals surface area contributed by atoms with Crippen LogP contribution in [0.3, 0.4) is 0 Å². The lowest BCUT2D eigenvalue weighted by atomic mass is 10.2. The van der Waals surface area contributed by atoms with Crippen molar-refractivity contribution >= 4 is 0 Å². The topological polar surface area (TPSA) is 57.5 Å². The zero-order valence-electron chi connectivity index (χ0n) is 5.17. The molecule has 9 heavy (non-hydrogen) atoms. The molecule has 1 rings (SSSR count). The van der Waals surface area contributed by atoms with Crippen LogP contribution in [0.15, 0.2) is 30.3 Å². The van der Waals surface area contributed by atoms with Gasteiger partial charge in [-0.15, -0.1) is 0 Å². The van der Waals surface area contributed by atoms with E-state index in [9.17, 15) is 0 Å². The van der Waals surface area contributed by atoms with Gasteiger partial charge in [0.1, 0.15) is 0 Å². The van der Waals surface area contributed by atoms with Gasteiger partial charge in [0.15, 0.2) is 0 Å². The van der Waals surface area contributed by atoms with E-state index >= 15 is 0 Å². The minimum absolute atomic E-state index is 0. The molecule has 0 heterocycles. The highest BCUT2D eigenvalue weighted by Gasteiger charge is 1.80. The molecule has 0 aliphatic heterocycles. The van der Waals surface area contributed by atoms with Crippen LogP contribution in [-0.2, 0) is 6.54 Å². The van der Waals surface area contributed by atoms with Crippen molar-refractivity contribution in [2.24, 2.45) is 5.73 Å². The molecule has 0 amide bonds. The highest BCUT2D eigenvalue weighted by atomic mass is 16.0. The average molecular weight is 125 g/mol. The van der Waals surface area contributed by atoms with Crippen LogP contribution >= 0.6 is 0 Å². The molecule has 0 saturated heterocycles. The molecule has 1 aromatic rings.